The molecular weight excluding hydrogens is 286 g/mol. The summed E-state index contributed by atoms with van der Waals surface area (Å²) in [4.78, 5) is 0. The van der Waals surface area contributed by atoms with Gasteiger partial charge in [-0.25, -0.2) is 0 Å². The Balaban J connectivity index is 1.39. The molecule has 2 atom stereocenters. The lowest BCUT2D eigenvalue weighted by atomic mass is 9.69. The standard InChI is InChI=1S/C20H29NO2/c1-19(16-7-3-2-4-8-16)10-12-20(13-11-19)22-15-18(23-20)17-9-5-6-14-21-17/h2-4,7-8,17-18,21H,5-6,9-15H2,1H3. The Morgan fingerprint density at radius 1 is 1.04 bits per heavy atom. The number of hydrogen-bond donors (Lipinski definition) is 1. The fraction of sp³-hybridized carbons (Fsp3) is 0.700. The van der Waals surface area contributed by atoms with Gasteiger partial charge in [0.2, 0.25) is 0 Å². The molecule has 23 heavy (non-hydrogen) atoms. The summed E-state index contributed by atoms with van der Waals surface area (Å²) in [5.74, 6) is -0.307. The second-order valence-corrected chi connectivity index (χ2v) is 7.86. The molecule has 3 aliphatic rings. The van der Waals surface area contributed by atoms with E-state index in [-0.39, 0.29) is 17.3 Å². The van der Waals surface area contributed by atoms with Gasteiger partial charge in [0.15, 0.2) is 5.79 Å². The lowest BCUT2D eigenvalue weighted by molar-refractivity contribution is -0.196. The number of hydrogen-bond acceptors (Lipinski definition) is 3. The van der Waals surface area contributed by atoms with Gasteiger partial charge in [-0.15, -0.1) is 0 Å². The van der Waals surface area contributed by atoms with Gasteiger partial charge in [0.1, 0.15) is 0 Å². The van der Waals surface area contributed by atoms with Crippen LogP contribution in [-0.2, 0) is 14.9 Å². The maximum Gasteiger partial charge on any atom is 0.169 e. The molecule has 1 aliphatic carbocycles. The van der Waals surface area contributed by atoms with Crippen LogP contribution in [0.3, 0.4) is 0 Å². The van der Waals surface area contributed by atoms with E-state index in [1.165, 1.54) is 24.8 Å². The molecule has 1 saturated carbocycles. The van der Waals surface area contributed by atoms with Crippen molar-refractivity contribution in [3.05, 3.63) is 35.9 Å². The van der Waals surface area contributed by atoms with Crippen molar-refractivity contribution in [1.82, 2.24) is 5.32 Å². The van der Waals surface area contributed by atoms with E-state index in [0.717, 1.165) is 38.8 Å². The summed E-state index contributed by atoms with van der Waals surface area (Å²) in [6, 6.07) is 11.4. The molecule has 1 aromatic rings. The molecule has 0 bridgehead atoms. The maximum absolute atomic E-state index is 6.47. The van der Waals surface area contributed by atoms with Crippen molar-refractivity contribution in [2.75, 3.05) is 13.2 Å². The number of ether oxygens (including phenoxy) is 2. The van der Waals surface area contributed by atoms with Crippen LogP contribution in [0, 0.1) is 0 Å². The molecule has 2 aliphatic heterocycles. The average molecular weight is 315 g/mol. The highest BCUT2D eigenvalue weighted by atomic mass is 16.7. The summed E-state index contributed by atoms with van der Waals surface area (Å²) in [6.07, 6.45) is 8.40. The van der Waals surface area contributed by atoms with Crippen molar-refractivity contribution in [3.8, 4) is 0 Å². The minimum Gasteiger partial charge on any atom is -0.347 e. The quantitative estimate of drug-likeness (QED) is 0.901. The minimum atomic E-state index is -0.307. The highest BCUT2D eigenvalue weighted by molar-refractivity contribution is 5.25. The lowest BCUT2D eigenvalue weighted by Gasteiger charge is -2.42. The summed E-state index contributed by atoms with van der Waals surface area (Å²) < 4.78 is 12.7. The van der Waals surface area contributed by atoms with E-state index in [2.05, 4.69) is 42.6 Å². The number of rotatable bonds is 2. The van der Waals surface area contributed by atoms with Gasteiger partial charge in [0.25, 0.3) is 0 Å². The van der Waals surface area contributed by atoms with Crippen molar-refractivity contribution < 1.29 is 9.47 Å². The molecule has 0 aromatic heterocycles. The predicted octanol–water partition coefficient (Wildman–Crippen LogP) is 3.77. The van der Waals surface area contributed by atoms with Crippen molar-refractivity contribution in [2.24, 2.45) is 0 Å². The van der Waals surface area contributed by atoms with E-state index in [1.807, 2.05) is 0 Å². The molecule has 3 fully saturated rings. The van der Waals surface area contributed by atoms with Crippen LogP contribution < -0.4 is 5.32 Å². The Hall–Kier alpha value is -0.900. The van der Waals surface area contributed by atoms with Crippen LogP contribution in [0.1, 0.15) is 57.4 Å². The largest absolute Gasteiger partial charge is 0.347 e. The highest BCUT2D eigenvalue weighted by Gasteiger charge is 2.49. The first-order valence-corrected chi connectivity index (χ1v) is 9.30. The molecular formula is C20H29NO2. The van der Waals surface area contributed by atoms with Crippen LogP contribution >= 0.6 is 0 Å². The topological polar surface area (TPSA) is 30.5 Å². The second-order valence-electron chi connectivity index (χ2n) is 7.86. The summed E-state index contributed by atoms with van der Waals surface area (Å²) in [7, 11) is 0. The molecule has 1 N–H and O–H groups in total. The highest BCUT2D eigenvalue weighted by Crippen LogP contribution is 2.47. The maximum atomic E-state index is 6.47. The van der Waals surface area contributed by atoms with Gasteiger partial charge in [-0.05, 0) is 43.2 Å². The van der Waals surface area contributed by atoms with E-state index in [9.17, 15) is 0 Å². The Kier molecular flexibility index (Phi) is 4.21. The van der Waals surface area contributed by atoms with Crippen LogP contribution in [0.2, 0.25) is 0 Å². The van der Waals surface area contributed by atoms with Gasteiger partial charge in [0, 0.05) is 18.9 Å². The molecule has 1 aromatic carbocycles. The number of piperidine rings is 1. The zero-order valence-electron chi connectivity index (χ0n) is 14.2. The van der Waals surface area contributed by atoms with E-state index in [1.54, 1.807) is 0 Å². The first-order chi connectivity index (χ1) is 11.2. The third-order valence-corrected chi connectivity index (χ3v) is 6.26. The molecule has 2 unspecified atom stereocenters. The lowest BCUT2D eigenvalue weighted by Crippen LogP contribution is -2.46. The van der Waals surface area contributed by atoms with Crippen LogP contribution in [0.25, 0.3) is 0 Å². The fourth-order valence-corrected chi connectivity index (χ4v) is 4.55. The average Bonchev–Trinajstić information content (AvgIpc) is 3.04. The zero-order chi connectivity index (χ0) is 15.8. The Bertz CT molecular complexity index is 516. The molecule has 126 valence electrons. The SMILES string of the molecule is CC1(c2ccccc2)CCC2(CC1)OCC(C1CCCCN1)O2. The first-order valence-electron chi connectivity index (χ1n) is 9.30. The van der Waals surface area contributed by atoms with Crippen molar-refractivity contribution in [3.63, 3.8) is 0 Å². The summed E-state index contributed by atoms with van der Waals surface area (Å²) >= 11 is 0. The third kappa shape index (κ3) is 3.07. The number of benzene rings is 1. The van der Waals surface area contributed by atoms with E-state index in [4.69, 9.17) is 9.47 Å². The normalized spacial score (nSPS) is 41.3. The third-order valence-electron chi connectivity index (χ3n) is 6.26. The predicted molar refractivity (Wildman–Crippen MR) is 91.5 cm³/mol. The first kappa shape index (κ1) is 15.6. The van der Waals surface area contributed by atoms with Gasteiger partial charge in [0.05, 0.1) is 12.7 Å². The van der Waals surface area contributed by atoms with Crippen molar-refractivity contribution in [1.29, 1.82) is 0 Å². The van der Waals surface area contributed by atoms with Crippen LogP contribution in [-0.4, -0.2) is 31.1 Å². The number of nitrogens with one attached hydrogen (secondary N) is 1. The molecule has 3 nitrogen and oxygen atoms in total. The molecule has 0 amide bonds. The Labute approximate surface area is 139 Å². The van der Waals surface area contributed by atoms with Crippen molar-refractivity contribution in [2.45, 2.75) is 75.2 Å². The Morgan fingerprint density at radius 3 is 2.52 bits per heavy atom. The van der Waals surface area contributed by atoms with Crippen molar-refractivity contribution >= 4 is 0 Å². The van der Waals surface area contributed by atoms with E-state index >= 15 is 0 Å². The molecule has 1 spiro atoms. The van der Waals surface area contributed by atoms with Crippen LogP contribution in [0.5, 0.6) is 0 Å². The van der Waals surface area contributed by atoms with Crippen LogP contribution in [0.4, 0.5) is 0 Å². The molecule has 0 radical (unpaired) electrons. The van der Waals surface area contributed by atoms with Gasteiger partial charge >= 0.3 is 0 Å². The fourth-order valence-electron chi connectivity index (χ4n) is 4.55. The van der Waals surface area contributed by atoms with Gasteiger partial charge in [-0.3, -0.25) is 0 Å². The molecule has 2 heterocycles. The molecule has 4 rings (SSSR count). The van der Waals surface area contributed by atoms with E-state index < -0.39 is 0 Å². The van der Waals surface area contributed by atoms with Gasteiger partial charge < -0.3 is 14.8 Å². The molecule has 2 saturated heterocycles. The van der Waals surface area contributed by atoms with Gasteiger partial charge in [-0.2, -0.15) is 0 Å². The summed E-state index contributed by atoms with van der Waals surface area (Å²) in [5.41, 5.74) is 1.72. The molecule has 3 heteroatoms. The monoisotopic (exact) mass is 315 g/mol. The zero-order valence-corrected chi connectivity index (χ0v) is 14.2. The summed E-state index contributed by atoms with van der Waals surface area (Å²) in [5, 5.41) is 3.62. The van der Waals surface area contributed by atoms with Gasteiger partial charge in [-0.1, -0.05) is 43.7 Å². The van der Waals surface area contributed by atoms with E-state index in [0.29, 0.717) is 6.04 Å². The Morgan fingerprint density at radius 2 is 1.83 bits per heavy atom. The smallest absolute Gasteiger partial charge is 0.169 e. The minimum absolute atomic E-state index is 0.247. The van der Waals surface area contributed by atoms with Crippen LogP contribution in [0.15, 0.2) is 30.3 Å². The summed E-state index contributed by atoms with van der Waals surface area (Å²) in [6.45, 7) is 4.29. The second kappa shape index (κ2) is 6.19.